The van der Waals surface area contributed by atoms with Gasteiger partial charge in [0.2, 0.25) is 5.78 Å². The van der Waals surface area contributed by atoms with Gasteiger partial charge in [0.1, 0.15) is 12.1 Å². The summed E-state index contributed by atoms with van der Waals surface area (Å²) in [5.41, 5.74) is 2.85. The topological polar surface area (TPSA) is 71.5 Å². The standard InChI is InChI=1S/C21H21N5O2S/c27-19(21-22-5-11-29-21)15-2-1-6-26(13-15)20-17-4-3-16(12-18(17)23-14-24-20)25-7-9-28-10-8-25/h2-5,11-12,14H,1,6-10,13H2. The van der Waals surface area contributed by atoms with Gasteiger partial charge < -0.3 is 14.5 Å². The Morgan fingerprint density at radius 1 is 1.07 bits per heavy atom. The molecular formula is C21H21N5O2S. The maximum absolute atomic E-state index is 12.7. The lowest BCUT2D eigenvalue weighted by atomic mass is 10.0. The number of carbonyl (C=O) groups is 1. The molecule has 5 rings (SSSR count). The van der Waals surface area contributed by atoms with Crippen molar-refractivity contribution in [1.29, 1.82) is 0 Å². The van der Waals surface area contributed by atoms with Crippen LogP contribution in [0.25, 0.3) is 10.9 Å². The molecule has 3 aromatic rings. The summed E-state index contributed by atoms with van der Waals surface area (Å²) < 4.78 is 5.45. The van der Waals surface area contributed by atoms with Crippen LogP contribution in [-0.2, 0) is 4.74 Å². The molecule has 1 fully saturated rings. The molecule has 0 amide bonds. The van der Waals surface area contributed by atoms with Crippen LogP contribution in [0.4, 0.5) is 11.5 Å². The van der Waals surface area contributed by atoms with Crippen molar-refractivity contribution < 1.29 is 9.53 Å². The molecule has 2 aliphatic rings. The monoisotopic (exact) mass is 407 g/mol. The number of anilines is 2. The number of rotatable bonds is 4. The van der Waals surface area contributed by atoms with E-state index < -0.39 is 0 Å². The van der Waals surface area contributed by atoms with E-state index in [2.05, 4.69) is 43.0 Å². The van der Waals surface area contributed by atoms with Crippen LogP contribution in [-0.4, -0.2) is 60.1 Å². The van der Waals surface area contributed by atoms with E-state index in [0.29, 0.717) is 11.6 Å². The fourth-order valence-corrected chi connectivity index (χ4v) is 4.47. The summed E-state index contributed by atoms with van der Waals surface area (Å²) in [7, 11) is 0. The lowest BCUT2D eigenvalue weighted by molar-refractivity contribution is 0.103. The Labute approximate surface area is 172 Å². The molecule has 0 unspecified atom stereocenters. The molecule has 2 aliphatic heterocycles. The van der Waals surface area contributed by atoms with Crippen LogP contribution >= 0.6 is 11.3 Å². The zero-order chi connectivity index (χ0) is 19.6. The molecule has 2 aromatic heterocycles. The van der Waals surface area contributed by atoms with Gasteiger partial charge in [0.25, 0.3) is 0 Å². The first-order valence-corrected chi connectivity index (χ1v) is 10.6. The predicted octanol–water partition coefficient (Wildman–Crippen LogP) is 2.94. The van der Waals surface area contributed by atoms with Crippen molar-refractivity contribution >= 4 is 39.5 Å². The second kappa shape index (κ2) is 7.88. The van der Waals surface area contributed by atoms with E-state index in [0.717, 1.165) is 67.3 Å². The van der Waals surface area contributed by atoms with Gasteiger partial charge in [-0.15, -0.1) is 11.3 Å². The minimum Gasteiger partial charge on any atom is -0.378 e. The van der Waals surface area contributed by atoms with Crippen molar-refractivity contribution in [3.63, 3.8) is 0 Å². The molecule has 0 radical (unpaired) electrons. The molecule has 7 nitrogen and oxygen atoms in total. The zero-order valence-electron chi connectivity index (χ0n) is 16.0. The Kier molecular flexibility index (Phi) is 4.95. The number of ketones is 1. The van der Waals surface area contributed by atoms with E-state index in [9.17, 15) is 4.79 Å². The third-order valence-electron chi connectivity index (χ3n) is 5.34. The average Bonchev–Trinajstić information content (AvgIpc) is 3.33. The molecule has 4 heterocycles. The van der Waals surface area contributed by atoms with Crippen molar-refractivity contribution in [2.24, 2.45) is 0 Å². The molecular weight excluding hydrogens is 386 g/mol. The highest BCUT2D eigenvalue weighted by Gasteiger charge is 2.23. The number of aromatic nitrogens is 3. The van der Waals surface area contributed by atoms with E-state index in [-0.39, 0.29) is 5.78 Å². The SMILES string of the molecule is O=C(C1=CCCN(c2ncnc3cc(N4CCOCC4)ccc23)C1)c1nccs1. The van der Waals surface area contributed by atoms with Crippen molar-refractivity contribution in [3.8, 4) is 0 Å². The van der Waals surface area contributed by atoms with Crippen molar-refractivity contribution in [2.75, 3.05) is 49.2 Å². The number of Topliss-reactive ketones (excluding diaryl/α,β-unsaturated/α-hetero) is 1. The van der Waals surface area contributed by atoms with Crippen LogP contribution < -0.4 is 9.80 Å². The van der Waals surface area contributed by atoms with E-state index in [1.54, 1.807) is 12.5 Å². The normalized spacial score (nSPS) is 17.4. The zero-order valence-corrected chi connectivity index (χ0v) is 16.8. The number of hydrogen-bond donors (Lipinski definition) is 0. The third-order valence-corrected chi connectivity index (χ3v) is 6.12. The molecule has 0 bridgehead atoms. The first-order valence-electron chi connectivity index (χ1n) is 9.75. The predicted molar refractivity (Wildman–Crippen MR) is 114 cm³/mol. The highest BCUT2D eigenvalue weighted by molar-refractivity contribution is 7.11. The van der Waals surface area contributed by atoms with Crippen molar-refractivity contribution in [1.82, 2.24) is 15.0 Å². The van der Waals surface area contributed by atoms with Gasteiger partial charge in [-0.3, -0.25) is 4.79 Å². The van der Waals surface area contributed by atoms with Crippen molar-refractivity contribution in [3.05, 3.63) is 52.8 Å². The summed E-state index contributed by atoms with van der Waals surface area (Å²) in [6.45, 7) is 4.65. The lowest BCUT2D eigenvalue weighted by Gasteiger charge is -2.30. The van der Waals surface area contributed by atoms with Gasteiger partial charge in [-0.25, -0.2) is 15.0 Å². The summed E-state index contributed by atoms with van der Waals surface area (Å²) in [4.78, 5) is 30.4. The van der Waals surface area contributed by atoms with Gasteiger partial charge in [-0.2, -0.15) is 0 Å². The maximum Gasteiger partial charge on any atom is 0.219 e. The number of nitrogens with zero attached hydrogens (tertiary/aromatic N) is 5. The van der Waals surface area contributed by atoms with E-state index in [1.807, 2.05) is 11.5 Å². The van der Waals surface area contributed by atoms with Gasteiger partial charge >= 0.3 is 0 Å². The number of morpholine rings is 1. The minimum atomic E-state index is 0.0117. The molecule has 0 N–H and O–H groups in total. The molecule has 8 heteroatoms. The molecule has 0 aliphatic carbocycles. The maximum atomic E-state index is 12.7. The fraction of sp³-hybridized carbons (Fsp3) is 0.333. The first kappa shape index (κ1) is 18.2. The Bertz CT molecular complexity index is 1060. The first-order chi connectivity index (χ1) is 14.3. The average molecular weight is 407 g/mol. The molecule has 0 spiro atoms. The second-order valence-corrected chi connectivity index (χ2v) is 8.00. The molecule has 1 aromatic carbocycles. The number of carbonyl (C=O) groups excluding carboxylic acids is 1. The number of ether oxygens (including phenoxy) is 1. The van der Waals surface area contributed by atoms with E-state index in [4.69, 9.17) is 4.74 Å². The van der Waals surface area contributed by atoms with E-state index in [1.165, 1.54) is 11.3 Å². The van der Waals surface area contributed by atoms with Crippen LogP contribution in [0.1, 0.15) is 16.2 Å². The van der Waals surface area contributed by atoms with Crippen LogP contribution in [0, 0.1) is 0 Å². The number of thiazole rings is 1. The highest BCUT2D eigenvalue weighted by atomic mass is 32.1. The Hall–Kier alpha value is -2.84. The Morgan fingerprint density at radius 2 is 1.97 bits per heavy atom. The van der Waals surface area contributed by atoms with Crippen LogP contribution in [0.2, 0.25) is 0 Å². The molecule has 29 heavy (non-hydrogen) atoms. The fourth-order valence-electron chi connectivity index (χ4n) is 3.86. The van der Waals surface area contributed by atoms with Gasteiger partial charge in [0.15, 0.2) is 5.01 Å². The van der Waals surface area contributed by atoms with Gasteiger partial charge in [0, 0.05) is 54.4 Å². The minimum absolute atomic E-state index is 0.0117. The number of hydrogen-bond acceptors (Lipinski definition) is 8. The third kappa shape index (κ3) is 3.61. The smallest absolute Gasteiger partial charge is 0.219 e. The van der Waals surface area contributed by atoms with Crippen LogP contribution in [0.5, 0.6) is 0 Å². The largest absolute Gasteiger partial charge is 0.378 e. The lowest BCUT2D eigenvalue weighted by Crippen LogP contribution is -2.36. The number of benzene rings is 1. The summed E-state index contributed by atoms with van der Waals surface area (Å²) in [5.74, 6) is 0.888. The summed E-state index contributed by atoms with van der Waals surface area (Å²) in [5, 5.41) is 3.38. The second-order valence-electron chi connectivity index (χ2n) is 7.10. The van der Waals surface area contributed by atoms with Gasteiger partial charge in [-0.1, -0.05) is 6.08 Å². The molecule has 0 saturated carbocycles. The van der Waals surface area contributed by atoms with Gasteiger partial charge in [0.05, 0.1) is 18.7 Å². The highest BCUT2D eigenvalue weighted by Crippen LogP contribution is 2.29. The summed E-state index contributed by atoms with van der Waals surface area (Å²) in [6.07, 6.45) is 6.12. The summed E-state index contributed by atoms with van der Waals surface area (Å²) >= 11 is 1.38. The van der Waals surface area contributed by atoms with Crippen molar-refractivity contribution in [2.45, 2.75) is 6.42 Å². The van der Waals surface area contributed by atoms with Gasteiger partial charge in [-0.05, 0) is 24.6 Å². The van der Waals surface area contributed by atoms with Crippen LogP contribution in [0.15, 0.2) is 47.8 Å². The van der Waals surface area contributed by atoms with Crippen LogP contribution in [0.3, 0.4) is 0 Å². The quantitative estimate of drug-likeness (QED) is 0.616. The number of fused-ring (bicyclic) bond motifs is 1. The van der Waals surface area contributed by atoms with E-state index >= 15 is 0 Å². The molecule has 0 atom stereocenters. The molecule has 1 saturated heterocycles. The Balaban J connectivity index is 1.42. The summed E-state index contributed by atoms with van der Waals surface area (Å²) in [6, 6.07) is 6.34. The molecule has 148 valence electrons. The Morgan fingerprint density at radius 3 is 2.79 bits per heavy atom.